The van der Waals surface area contributed by atoms with E-state index in [0.717, 1.165) is 12.2 Å². The van der Waals surface area contributed by atoms with Crippen molar-refractivity contribution in [2.24, 2.45) is 0 Å². The van der Waals surface area contributed by atoms with Crippen LogP contribution in [0.3, 0.4) is 0 Å². The third-order valence-electron chi connectivity index (χ3n) is 2.17. The van der Waals surface area contributed by atoms with Gasteiger partial charge in [-0.1, -0.05) is 6.92 Å². The molecule has 0 aliphatic heterocycles. The summed E-state index contributed by atoms with van der Waals surface area (Å²) in [5.41, 5.74) is 0.591. The number of ketones is 1. The second-order valence-corrected chi connectivity index (χ2v) is 4.46. The Hall–Kier alpha value is -0.970. The Kier molecular flexibility index (Phi) is 5.38. The lowest BCUT2D eigenvalue weighted by atomic mass is 10.3. The van der Waals surface area contributed by atoms with Crippen molar-refractivity contribution in [1.82, 2.24) is 9.78 Å². The second kappa shape index (κ2) is 6.58. The van der Waals surface area contributed by atoms with Crippen molar-refractivity contribution in [2.75, 3.05) is 18.6 Å². The van der Waals surface area contributed by atoms with E-state index in [-0.39, 0.29) is 5.78 Å². The molecule has 0 radical (unpaired) electrons. The van der Waals surface area contributed by atoms with E-state index in [9.17, 15) is 4.79 Å². The Morgan fingerprint density at radius 3 is 2.88 bits per heavy atom. The Balaban J connectivity index is 2.75. The zero-order valence-electron chi connectivity index (χ0n) is 10.0. The highest BCUT2D eigenvalue weighted by molar-refractivity contribution is 7.99. The number of methoxy groups -OCH3 is 1. The molecule has 0 fully saturated rings. The van der Waals surface area contributed by atoms with Crippen LogP contribution in [-0.2, 0) is 6.54 Å². The smallest absolute Gasteiger partial charge is 0.194 e. The quantitative estimate of drug-likeness (QED) is 0.543. The van der Waals surface area contributed by atoms with Crippen molar-refractivity contribution in [1.29, 1.82) is 0 Å². The SMILES string of the molecule is CCCSCC(=O)c1c(OC)cnn1CC. The largest absolute Gasteiger partial charge is 0.493 e. The fourth-order valence-corrected chi connectivity index (χ4v) is 2.17. The van der Waals surface area contributed by atoms with Crippen LogP contribution in [0.2, 0.25) is 0 Å². The molecule has 1 aromatic rings. The molecule has 0 aliphatic rings. The van der Waals surface area contributed by atoms with Gasteiger partial charge in [0.1, 0.15) is 5.69 Å². The predicted octanol–water partition coefficient (Wildman–Crippen LogP) is 2.24. The second-order valence-electron chi connectivity index (χ2n) is 3.35. The first-order valence-corrected chi connectivity index (χ1v) is 6.60. The lowest BCUT2D eigenvalue weighted by Gasteiger charge is -2.05. The Morgan fingerprint density at radius 2 is 2.31 bits per heavy atom. The molecule has 5 heteroatoms. The summed E-state index contributed by atoms with van der Waals surface area (Å²) in [6.07, 6.45) is 2.68. The number of nitrogens with zero attached hydrogens (tertiary/aromatic N) is 2. The molecule has 0 aromatic carbocycles. The fraction of sp³-hybridized carbons (Fsp3) is 0.636. The van der Waals surface area contributed by atoms with Gasteiger partial charge in [-0.05, 0) is 19.1 Å². The van der Waals surface area contributed by atoms with Crippen LogP contribution in [0.1, 0.15) is 30.8 Å². The Morgan fingerprint density at radius 1 is 1.56 bits per heavy atom. The maximum Gasteiger partial charge on any atom is 0.194 e. The van der Waals surface area contributed by atoms with Gasteiger partial charge in [-0.2, -0.15) is 16.9 Å². The summed E-state index contributed by atoms with van der Waals surface area (Å²) >= 11 is 1.65. The zero-order chi connectivity index (χ0) is 12.0. The molecule has 16 heavy (non-hydrogen) atoms. The van der Waals surface area contributed by atoms with Gasteiger partial charge in [0.05, 0.1) is 19.1 Å². The summed E-state index contributed by atoms with van der Waals surface area (Å²) in [5.74, 6) is 2.17. The van der Waals surface area contributed by atoms with Gasteiger partial charge in [-0.15, -0.1) is 0 Å². The van der Waals surface area contributed by atoms with Crippen LogP contribution in [0.15, 0.2) is 6.20 Å². The number of carbonyl (C=O) groups excluding carboxylic acids is 1. The average Bonchev–Trinajstić information content (AvgIpc) is 2.71. The average molecular weight is 242 g/mol. The van der Waals surface area contributed by atoms with E-state index >= 15 is 0 Å². The van der Waals surface area contributed by atoms with Crippen LogP contribution in [-0.4, -0.2) is 34.2 Å². The van der Waals surface area contributed by atoms with Gasteiger partial charge in [-0.25, -0.2) is 0 Å². The molecule has 0 unspecified atom stereocenters. The highest BCUT2D eigenvalue weighted by atomic mass is 32.2. The maximum absolute atomic E-state index is 12.0. The van der Waals surface area contributed by atoms with Crippen molar-refractivity contribution in [3.05, 3.63) is 11.9 Å². The fourth-order valence-electron chi connectivity index (χ4n) is 1.42. The molecular formula is C11H18N2O2S. The topological polar surface area (TPSA) is 44.1 Å². The lowest BCUT2D eigenvalue weighted by Crippen LogP contribution is -2.12. The molecule has 1 aromatic heterocycles. The van der Waals surface area contributed by atoms with Crippen molar-refractivity contribution < 1.29 is 9.53 Å². The molecule has 90 valence electrons. The van der Waals surface area contributed by atoms with Gasteiger partial charge < -0.3 is 4.74 Å². The number of ether oxygens (including phenoxy) is 1. The van der Waals surface area contributed by atoms with Crippen LogP contribution in [0.4, 0.5) is 0 Å². The van der Waals surface area contributed by atoms with Crippen LogP contribution in [0.5, 0.6) is 5.75 Å². The van der Waals surface area contributed by atoms with E-state index in [4.69, 9.17) is 4.74 Å². The number of hydrogen-bond donors (Lipinski definition) is 0. The van der Waals surface area contributed by atoms with Crippen molar-refractivity contribution in [3.63, 3.8) is 0 Å². The highest BCUT2D eigenvalue weighted by Gasteiger charge is 2.18. The summed E-state index contributed by atoms with van der Waals surface area (Å²) in [5, 5.41) is 4.12. The van der Waals surface area contributed by atoms with Crippen LogP contribution in [0.25, 0.3) is 0 Å². The molecule has 0 saturated carbocycles. The normalized spacial score (nSPS) is 10.4. The first kappa shape index (κ1) is 13.1. The molecule has 0 N–H and O–H groups in total. The molecule has 0 spiro atoms. The summed E-state index contributed by atoms with van der Waals surface area (Å²) < 4.78 is 6.83. The third kappa shape index (κ3) is 3.01. The minimum atomic E-state index is 0.0923. The summed E-state index contributed by atoms with van der Waals surface area (Å²) in [6.45, 7) is 4.75. The van der Waals surface area contributed by atoms with Gasteiger partial charge in [0.2, 0.25) is 0 Å². The highest BCUT2D eigenvalue weighted by Crippen LogP contribution is 2.19. The minimum Gasteiger partial charge on any atom is -0.493 e. The summed E-state index contributed by atoms with van der Waals surface area (Å²) in [7, 11) is 1.56. The Bertz CT molecular complexity index is 328. The third-order valence-corrected chi connectivity index (χ3v) is 3.33. The molecule has 0 saturated heterocycles. The van der Waals surface area contributed by atoms with Crippen LogP contribution in [0, 0.1) is 0 Å². The predicted molar refractivity (Wildman–Crippen MR) is 66.4 cm³/mol. The van der Waals surface area contributed by atoms with Crippen LogP contribution < -0.4 is 4.74 Å². The van der Waals surface area contributed by atoms with E-state index < -0.39 is 0 Å². The summed E-state index contributed by atoms with van der Waals surface area (Å²) in [6, 6.07) is 0. The number of rotatable bonds is 7. The molecule has 0 atom stereocenters. The van der Waals surface area contributed by atoms with Gasteiger partial charge in [0.15, 0.2) is 11.5 Å². The van der Waals surface area contributed by atoms with Crippen molar-refractivity contribution in [3.8, 4) is 5.75 Å². The minimum absolute atomic E-state index is 0.0923. The van der Waals surface area contributed by atoms with Crippen molar-refractivity contribution in [2.45, 2.75) is 26.8 Å². The van der Waals surface area contributed by atoms with Gasteiger partial charge in [0.25, 0.3) is 0 Å². The first-order valence-electron chi connectivity index (χ1n) is 5.45. The molecule has 0 aliphatic carbocycles. The van der Waals surface area contributed by atoms with Crippen molar-refractivity contribution >= 4 is 17.5 Å². The number of hydrogen-bond acceptors (Lipinski definition) is 4. The number of thioether (sulfide) groups is 1. The van der Waals surface area contributed by atoms with E-state index in [2.05, 4.69) is 12.0 Å². The molecule has 0 bridgehead atoms. The zero-order valence-corrected chi connectivity index (χ0v) is 10.8. The summed E-state index contributed by atoms with van der Waals surface area (Å²) in [4.78, 5) is 12.0. The number of Topliss-reactive ketones (excluding diaryl/α,β-unsaturated/α-hetero) is 1. The number of aryl methyl sites for hydroxylation is 1. The van der Waals surface area contributed by atoms with E-state index in [0.29, 0.717) is 23.7 Å². The molecule has 1 heterocycles. The molecular weight excluding hydrogens is 224 g/mol. The number of aromatic nitrogens is 2. The standard InChI is InChI=1S/C11H18N2O2S/c1-4-6-16-8-9(14)11-10(15-3)7-12-13(11)5-2/h7H,4-6,8H2,1-3H3. The van der Waals surface area contributed by atoms with E-state index in [1.54, 1.807) is 29.8 Å². The lowest BCUT2D eigenvalue weighted by molar-refractivity contribution is 0.100. The number of carbonyl (C=O) groups is 1. The van der Waals surface area contributed by atoms with Gasteiger partial charge in [-0.3, -0.25) is 9.48 Å². The maximum atomic E-state index is 12.0. The van der Waals surface area contributed by atoms with E-state index in [1.807, 2.05) is 6.92 Å². The monoisotopic (exact) mass is 242 g/mol. The molecule has 4 nitrogen and oxygen atoms in total. The van der Waals surface area contributed by atoms with Gasteiger partial charge >= 0.3 is 0 Å². The molecule has 1 rings (SSSR count). The van der Waals surface area contributed by atoms with E-state index in [1.165, 1.54) is 0 Å². The first-order chi connectivity index (χ1) is 7.74. The Labute approximate surface area is 100 Å². The van der Waals surface area contributed by atoms with Gasteiger partial charge in [0, 0.05) is 6.54 Å². The van der Waals surface area contributed by atoms with Crippen LogP contribution >= 0.6 is 11.8 Å². The molecule has 0 amide bonds.